The minimum Gasteiger partial charge on any atom is -0.397 e. The molecule has 1 saturated carbocycles. The van der Waals surface area contributed by atoms with Crippen LogP contribution in [0.1, 0.15) is 34.6 Å². The average molecular weight is 324 g/mol. The zero-order valence-corrected chi connectivity index (χ0v) is 14.1. The number of aromatic nitrogens is 2. The predicted octanol–water partition coefficient (Wildman–Crippen LogP) is 2.54. The van der Waals surface area contributed by atoms with Crippen LogP contribution < -0.4 is 11.1 Å². The van der Waals surface area contributed by atoms with Crippen molar-refractivity contribution in [2.45, 2.75) is 37.5 Å². The predicted molar refractivity (Wildman–Crippen MR) is 90.1 cm³/mol. The van der Waals surface area contributed by atoms with E-state index in [4.69, 9.17) is 5.73 Å². The zero-order chi connectivity index (χ0) is 15.1. The number of thiophene rings is 1. The van der Waals surface area contributed by atoms with Crippen molar-refractivity contribution in [3.05, 3.63) is 10.6 Å². The number of carbonyl (C=O) groups is 1. The molecule has 7 heteroatoms. The van der Waals surface area contributed by atoms with Crippen LogP contribution in [0.5, 0.6) is 0 Å². The fourth-order valence-corrected chi connectivity index (χ4v) is 5.13. The molecular formula is C14H20N4OS2. The monoisotopic (exact) mass is 324 g/mol. The highest BCUT2D eigenvalue weighted by Crippen LogP contribution is 2.36. The van der Waals surface area contributed by atoms with Gasteiger partial charge in [0.1, 0.15) is 9.71 Å². The number of nitrogen functional groups attached to an aromatic ring is 1. The van der Waals surface area contributed by atoms with Gasteiger partial charge in [-0.1, -0.05) is 6.42 Å². The SMILES string of the molecule is CSC1CCCC1NC(=O)c1sc2c(c(C)nn2C)c1N. The van der Waals surface area contributed by atoms with Gasteiger partial charge in [-0.15, -0.1) is 11.3 Å². The second kappa shape index (κ2) is 5.53. The number of aryl methyl sites for hydroxylation is 2. The second-order valence-corrected chi connectivity index (χ2v) is 7.60. The molecule has 0 bridgehead atoms. The lowest BCUT2D eigenvalue weighted by Crippen LogP contribution is -2.38. The molecule has 21 heavy (non-hydrogen) atoms. The van der Waals surface area contributed by atoms with Crippen molar-refractivity contribution in [1.29, 1.82) is 0 Å². The fourth-order valence-electron chi connectivity index (χ4n) is 3.11. The van der Waals surface area contributed by atoms with Gasteiger partial charge < -0.3 is 11.1 Å². The molecule has 0 saturated heterocycles. The summed E-state index contributed by atoms with van der Waals surface area (Å²) in [6, 6.07) is 0.260. The minimum atomic E-state index is -0.0425. The Balaban J connectivity index is 1.88. The number of nitrogens with zero attached hydrogens (tertiary/aromatic N) is 2. The Morgan fingerprint density at radius 3 is 2.95 bits per heavy atom. The Hall–Kier alpha value is -1.21. The molecule has 2 aromatic heterocycles. The molecular weight excluding hydrogens is 304 g/mol. The van der Waals surface area contributed by atoms with Crippen LogP contribution in [0.3, 0.4) is 0 Å². The average Bonchev–Trinajstić information content (AvgIpc) is 3.08. The maximum Gasteiger partial charge on any atom is 0.263 e. The zero-order valence-electron chi connectivity index (χ0n) is 12.5. The van der Waals surface area contributed by atoms with Crippen molar-refractivity contribution < 1.29 is 4.79 Å². The van der Waals surface area contributed by atoms with E-state index in [-0.39, 0.29) is 11.9 Å². The van der Waals surface area contributed by atoms with Gasteiger partial charge in [-0.05, 0) is 26.0 Å². The van der Waals surface area contributed by atoms with Gasteiger partial charge in [0.05, 0.1) is 16.8 Å². The van der Waals surface area contributed by atoms with Crippen molar-refractivity contribution >= 4 is 44.9 Å². The highest BCUT2D eigenvalue weighted by Gasteiger charge is 2.29. The van der Waals surface area contributed by atoms with Gasteiger partial charge in [0.25, 0.3) is 5.91 Å². The van der Waals surface area contributed by atoms with Crippen molar-refractivity contribution in [3.63, 3.8) is 0 Å². The molecule has 5 nitrogen and oxygen atoms in total. The van der Waals surface area contributed by atoms with Crippen LogP contribution in [0, 0.1) is 6.92 Å². The number of fused-ring (bicyclic) bond motifs is 1. The van der Waals surface area contributed by atoms with Crippen LogP contribution in [0.25, 0.3) is 10.2 Å². The molecule has 0 aliphatic heterocycles. The fraction of sp³-hybridized carbons (Fsp3) is 0.571. The summed E-state index contributed by atoms with van der Waals surface area (Å²) in [7, 11) is 1.88. The summed E-state index contributed by atoms with van der Waals surface area (Å²) in [5.41, 5.74) is 7.63. The summed E-state index contributed by atoms with van der Waals surface area (Å²) in [6.07, 6.45) is 5.53. The van der Waals surface area contributed by atoms with E-state index in [1.165, 1.54) is 24.2 Å². The van der Waals surface area contributed by atoms with E-state index in [9.17, 15) is 4.79 Å². The molecule has 3 N–H and O–H groups in total. The Bertz CT molecular complexity index is 691. The number of amides is 1. The van der Waals surface area contributed by atoms with Crippen LogP contribution in [0.2, 0.25) is 0 Å². The first-order valence-electron chi connectivity index (χ1n) is 7.08. The van der Waals surface area contributed by atoms with Crippen LogP contribution in [0.15, 0.2) is 0 Å². The van der Waals surface area contributed by atoms with Crippen molar-refractivity contribution in [2.24, 2.45) is 7.05 Å². The number of nitrogens with one attached hydrogen (secondary N) is 1. The molecule has 2 unspecified atom stereocenters. The summed E-state index contributed by atoms with van der Waals surface area (Å²) in [4.78, 5) is 14.1. The minimum absolute atomic E-state index is 0.0425. The summed E-state index contributed by atoms with van der Waals surface area (Å²) in [6.45, 7) is 1.92. The number of thioether (sulfide) groups is 1. The number of hydrogen-bond donors (Lipinski definition) is 2. The van der Waals surface area contributed by atoms with Gasteiger partial charge in [-0.25, -0.2) is 0 Å². The summed E-state index contributed by atoms with van der Waals surface area (Å²) in [5.74, 6) is -0.0425. The molecule has 2 atom stereocenters. The van der Waals surface area contributed by atoms with Gasteiger partial charge in [-0.2, -0.15) is 16.9 Å². The van der Waals surface area contributed by atoms with Gasteiger partial charge in [-0.3, -0.25) is 9.48 Å². The van der Waals surface area contributed by atoms with E-state index in [2.05, 4.69) is 16.7 Å². The first-order chi connectivity index (χ1) is 10.0. The molecule has 1 aliphatic rings. The molecule has 3 rings (SSSR count). The van der Waals surface area contributed by atoms with Crippen molar-refractivity contribution in [3.8, 4) is 0 Å². The van der Waals surface area contributed by atoms with Gasteiger partial charge in [0.2, 0.25) is 0 Å². The molecule has 114 valence electrons. The Kier molecular flexibility index (Phi) is 3.88. The normalized spacial score (nSPS) is 22.0. The molecule has 1 aliphatic carbocycles. The number of anilines is 1. The van der Waals surface area contributed by atoms with Crippen molar-refractivity contribution in [2.75, 3.05) is 12.0 Å². The third-order valence-electron chi connectivity index (χ3n) is 4.16. The van der Waals surface area contributed by atoms with Gasteiger partial charge in [0.15, 0.2) is 0 Å². The van der Waals surface area contributed by atoms with Crippen molar-refractivity contribution in [1.82, 2.24) is 15.1 Å². The summed E-state index contributed by atoms with van der Waals surface area (Å²) < 4.78 is 1.79. The van der Waals surface area contributed by atoms with Crippen LogP contribution in [-0.4, -0.2) is 33.2 Å². The maximum absolute atomic E-state index is 12.6. The summed E-state index contributed by atoms with van der Waals surface area (Å²) in [5, 5.41) is 8.96. The van der Waals surface area contributed by atoms with E-state index < -0.39 is 0 Å². The first kappa shape index (κ1) is 14.7. The third kappa shape index (κ3) is 2.42. The number of rotatable bonds is 3. The smallest absolute Gasteiger partial charge is 0.263 e. The molecule has 2 aromatic rings. The number of nitrogens with two attached hydrogens (primary N) is 1. The Morgan fingerprint density at radius 2 is 2.29 bits per heavy atom. The standard InChI is InChI=1S/C14H20N4OS2/c1-7-10-11(15)12(21-14(10)18(2)17-7)13(19)16-8-5-4-6-9(8)20-3/h8-9H,4-6,15H2,1-3H3,(H,16,19). The molecule has 0 radical (unpaired) electrons. The lowest BCUT2D eigenvalue weighted by atomic mass is 10.2. The van der Waals surface area contributed by atoms with Gasteiger partial charge in [0, 0.05) is 18.3 Å². The van der Waals surface area contributed by atoms with Crippen LogP contribution in [0.4, 0.5) is 5.69 Å². The first-order valence-corrected chi connectivity index (χ1v) is 9.18. The molecule has 0 spiro atoms. The van der Waals surface area contributed by atoms with E-state index in [0.717, 1.165) is 22.3 Å². The summed E-state index contributed by atoms with van der Waals surface area (Å²) >= 11 is 3.27. The topological polar surface area (TPSA) is 72.9 Å². The molecule has 1 amide bonds. The van der Waals surface area contributed by atoms with E-state index in [0.29, 0.717) is 15.8 Å². The quantitative estimate of drug-likeness (QED) is 0.910. The largest absolute Gasteiger partial charge is 0.397 e. The third-order valence-corrected chi connectivity index (χ3v) is 6.60. The number of hydrogen-bond acceptors (Lipinski definition) is 5. The van der Waals surface area contributed by atoms with E-state index in [1.54, 1.807) is 4.68 Å². The Morgan fingerprint density at radius 1 is 1.52 bits per heavy atom. The lowest BCUT2D eigenvalue weighted by molar-refractivity contribution is 0.0943. The van der Waals surface area contributed by atoms with E-state index in [1.807, 2.05) is 25.7 Å². The van der Waals surface area contributed by atoms with Crippen LogP contribution >= 0.6 is 23.1 Å². The maximum atomic E-state index is 12.6. The van der Waals surface area contributed by atoms with E-state index >= 15 is 0 Å². The highest BCUT2D eigenvalue weighted by molar-refractivity contribution is 7.99. The highest BCUT2D eigenvalue weighted by atomic mass is 32.2. The van der Waals surface area contributed by atoms with Gasteiger partial charge >= 0.3 is 0 Å². The molecule has 1 fully saturated rings. The lowest BCUT2D eigenvalue weighted by Gasteiger charge is -2.18. The molecule has 2 heterocycles. The number of carbonyl (C=O) groups excluding carboxylic acids is 1. The molecule has 0 aromatic carbocycles. The second-order valence-electron chi connectivity index (χ2n) is 5.52. The van der Waals surface area contributed by atoms with Crippen LogP contribution in [-0.2, 0) is 7.05 Å². The Labute approximate surface area is 132 Å².